The van der Waals surface area contributed by atoms with Crippen LogP contribution in [0.2, 0.25) is 0 Å². The number of benzene rings is 2. The van der Waals surface area contributed by atoms with Crippen molar-refractivity contribution in [3.63, 3.8) is 0 Å². The van der Waals surface area contributed by atoms with Crippen LogP contribution in [-0.2, 0) is 5.41 Å². The highest BCUT2D eigenvalue weighted by atomic mass is 16.5. The highest BCUT2D eigenvalue weighted by Gasteiger charge is 2.23. The molecule has 148 valence electrons. The molecule has 4 N–H and O–H groups in total. The van der Waals surface area contributed by atoms with Gasteiger partial charge in [-0.05, 0) is 35.4 Å². The van der Waals surface area contributed by atoms with E-state index in [0.717, 1.165) is 11.1 Å². The molecule has 0 saturated carbocycles. The van der Waals surface area contributed by atoms with Gasteiger partial charge in [-0.2, -0.15) is 0 Å². The SMILES string of the molecule is CC(C)(c1ccc(OC[C@@H](O)CO)cc1)c1ccc(OC[C@@H](O)CO)cc1. The third-order valence-corrected chi connectivity index (χ3v) is 4.46. The van der Waals surface area contributed by atoms with E-state index in [9.17, 15) is 10.2 Å². The number of hydrogen-bond acceptors (Lipinski definition) is 6. The van der Waals surface area contributed by atoms with Gasteiger partial charge in [-0.3, -0.25) is 0 Å². The van der Waals surface area contributed by atoms with Crippen molar-refractivity contribution >= 4 is 0 Å². The normalized spacial score (nSPS) is 13.9. The second-order valence-electron chi connectivity index (χ2n) is 6.97. The Hall–Kier alpha value is -2.12. The molecule has 6 heteroatoms. The van der Waals surface area contributed by atoms with Gasteiger partial charge in [0.2, 0.25) is 0 Å². The summed E-state index contributed by atoms with van der Waals surface area (Å²) in [5.41, 5.74) is 1.95. The molecule has 0 aromatic heterocycles. The number of aliphatic hydroxyl groups is 4. The van der Waals surface area contributed by atoms with E-state index >= 15 is 0 Å². The molecule has 0 spiro atoms. The van der Waals surface area contributed by atoms with Gasteiger partial charge in [-0.15, -0.1) is 0 Å². The van der Waals surface area contributed by atoms with E-state index in [0.29, 0.717) is 11.5 Å². The van der Waals surface area contributed by atoms with E-state index < -0.39 is 12.2 Å². The molecule has 2 aromatic carbocycles. The Bertz CT molecular complexity index is 621. The largest absolute Gasteiger partial charge is 0.491 e. The van der Waals surface area contributed by atoms with Gasteiger partial charge < -0.3 is 29.9 Å². The van der Waals surface area contributed by atoms with Crippen LogP contribution in [0.5, 0.6) is 11.5 Å². The molecule has 0 aliphatic heterocycles. The zero-order valence-electron chi connectivity index (χ0n) is 15.7. The van der Waals surface area contributed by atoms with Crippen molar-refractivity contribution in [3.8, 4) is 11.5 Å². The minimum absolute atomic E-state index is 0.0473. The smallest absolute Gasteiger partial charge is 0.119 e. The summed E-state index contributed by atoms with van der Waals surface area (Å²) < 4.78 is 10.9. The van der Waals surface area contributed by atoms with Crippen LogP contribution in [0.4, 0.5) is 0 Å². The van der Waals surface area contributed by atoms with Crippen molar-refractivity contribution < 1.29 is 29.9 Å². The zero-order chi connectivity index (χ0) is 19.9. The summed E-state index contributed by atoms with van der Waals surface area (Å²) in [5.74, 6) is 1.27. The van der Waals surface area contributed by atoms with Crippen molar-refractivity contribution in [2.45, 2.75) is 31.5 Å². The van der Waals surface area contributed by atoms with Crippen LogP contribution in [0.1, 0.15) is 25.0 Å². The Morgan fingerprint density at radius 1 is 0.704 bits per heavy atom. The Labute approximate surface area is 159 Å². The minimum Gasteiger partial charge on any atom is -0.491 e. The zero-order valence-corrected chi connectivity index (χ0v) is 15.7. The Morgan fingerprint density at radius 2 is 1.04 bits per heavy atom. The first-order valence-electron chi connectivity index (χ1n) is 8.91. The monoisotopic (exact) mass is 376 g/mol. The van der Waals surface area contributed by atoms with Crippen LogP contribution in [0.15, 0.2) is 48.5 Å². The van der Waals surface area contributed by atoms with E-state index in [1.54, 1.807) is 0 Å². The molecule has 0 unspecified atom stereocenters. The van der Waals surface area contributed by atoms with Crippen LogP contribution in [0, 0.1) is 0 Å². The van der Waals surface area contributed by atoms with Gasteiger partial charge in [0.1, 0.15) is 36.9 Å². The van der Waals surface area contributed by atoms with E-state index in [1.165, 1.54) is 0 Å². The van der Waals surface area contributed by atoms with Gasteiger partial charge in [-0.1, -0.05) is 38.1 Å². The van der Waals surface area contributed by atoms with E-state index in [1.807, 2.05) is 48.5 Å². The van der Waals surface area contributed by atoms with Crippen LogP contribution < -0.4 is 9.47 Å². The lowest BCUT2D eigenvalue weighted by atomic mass is 9.78. The van der Waals surface area contributed by atoms with Crippen molar-refractivity contribution in [1.82, 2.24) is 0 Å². The van der Waals surface area contributed by atoms with Crippen molar-refractivity contribution in [2.75, 3.05) is 26.4 Å². The van der Waals surface area contributed by atoms with Gasteiger partial charge in [0, 0.05) is 5.41 Å². The molecule has 2 aromatic rings. The molecule has 0 aliphatic rings. The number of rotatable bonds is 10. The van der Waals surface area contributed by atoms with E-state index in [-0.39, 0.29) is 31.8 Å². The van der Waals surface area contributed by atoms with Crippen LogP contribution in [0.3, 0.4) is 0 Å². The summed E-state index contributed by atoms with van der Waals surface area (Å²) in [6.07, 6.45) is -1.78. The first-order valence-corrected chi connectivity index (χ1v) is 8.91. The Morgan fingerprint density at radius 3 is 1.33 bits per heavy atom. The van der Waals surface area contributed by atoms with Gasteiger partial charge in [0.05, 0.1) is 13.2 Å². The van der Waals surface area contributed by atoms with Gasteiger partial charge in [-0.25, -0.2) is 0 Å². The molecule has 0 amide bonds. The van der Waals surface area contributed by atoms with Gasteiger partial charge in [0.15, 0.2) is 0 Å². The molecule has 0 saturated heterocycles. The maximum absolute atomic E-state index is 9.35. The first kappa shape index (κ1) is 21.2. The lowest BCUT2D eigenvalue weighted by molar-refractivity contribution is 0.0536. The summed E-state index contributed by atoms with van der Waals surface area (Å²) in [7, 11) is 0. The lowest BCUT2D eigenvalue weighted by Gasteiger charge is -2.26. The fraction of sp³-hybridized carbons (Fsp3) is 0.429. The third kappa shape index (κ3) is 5.94. The second-order valence-corrected chi connectivity index (χ2v) is 6.97. The predicted molar refractivity (Wildman–Crippen MR) is 102 cm³/mol. The number of aliphatic hydroxyl groups excluding tert-OH is 4. The van der Waals surface area contributed by atoms with Crippen LogP contribution in [0.25, 0.3) is 0 Å². The molecule has 0 aliphatic carbocycles. The predicted octanol–water partition coefficient (Wildman–Crippen LogP) is 1.48. The molecule has 27 heavy (non-hydrogen) atoms. The molecule has 0 heterocycles. The average molecular weight is 376 g/mol. The van der Waals surface area contributed by atoms with Crippen molar-refractivity contribution in [2.24, 2.45) is 0 Å². The van der Waals surface area contributed by atoms with Gasteiger partial charge in [0.25, 0.3) is 0 Å². The summed E-state index contributed by atoms with van der Waals surface area (Å²) >= 11 is 0. The maximum atomic E-state index is 9.35. The highest BCUT2D eigenvalue weighted by molar-refractivity contribution is 5.41. The molecular formula is C21H28O6. The topological polar surface area (TPSA) is 99.4 Å². The quantitative estimate of drug-likeness (QED) is 0.501. The summed E-state index contributed by atoms with van der Waals surface area (Å²) in [4.78, 5) is 0. The molecular weight excluding hydrogens is 348 g/mol. The van der Waals surface area contributed by atoms with Crippen molar-refractivity contribution in [1.29, 1.82) is 0 Å². The average Bonchev–Trinajstić information content (AvgIpc) is 2.70. The van der Waals surface area contributed by atoms with E-state index in [2.05, 4.69) is 13.8 Å². The maximum Gasteiger partial charge on any atom is 0.119 e. The number of hydrogen-bond donors (Lipinski definition) is 4. The fourth-order valence-electron chi connectivity index (χ4n) is 2.59. The van der Waals surface area contributed by atoms with Gasteiger partial charge >= 0.3 is 0 Å². The summed E-state index contributed by atoms with van der Waals surface area (Å²) in [6, 6.07) is 15.3. The fourth-order valence-corrected chi connectivity index (χ4v) is 2.59. The molecule has 0 fully saturated rings. The molecule has 0 bridgehead atoms. The molecule has 6 nitrogen and oxygen atoms in total. The third-order valence-electron chi connectivity index (χ3n) is 4.46. The Kier molecular flexibility index (Phi) is 7.62. The number of ether oxygens (including phenoxy) is 2. The van der Waals surface area contributed by atoms with Crippen LogP contribution in [-0.4, -0.2) is 59.1 Å². The van der Waals surface area contributed by atoms with E-state index in [4.69, 9.17) is 19.7 Å². The van der Waals surface area contributed by atoms with Crippen molar-refractivity contribution in [3.05, 3.63) is 59.7 Å². The molecule has 2 rings (SSSR count). The van der Waals surface area contributed by atoms with Crippen LogP contribution >= 0.6 is 0 Å². The Balaban J connectivity index is 2.04. The second kappa shape index (κ2) is 9.71. The minimum atomic E-state index is -0.889. The first-order chi connectivity index (χ1) is 12.9. The molecule has 0 radical (unpaired) electrons. The molecule has 2 atom stereocenters. The highest BCUT2D eigenvalue weighted by Crippen LogP contribution is 2.33. The lowest BCUT2D eigenvalue weighted by Crippen LogP contribution is -2.22. The standard InChI is InChI=1S/C21H28O6/c1-21(2,15-3-7-19(8-4-15)26-13-17(24)11-22)16-5-9-20(10-6-16)27-14-18(25)12-23/h3-10,17-18,22-25H,11-14H2,1-2H3/t17-,18-/m0/s1. The summed E-state index contributed by atoms with van der Waals surface area (Å²) in [5, 5.41) is 36.3. The summed E-state index contributed by atoms with van der Waals surface area (Å²) in [6.45, 7) is 3.67.